The Morgan fingerprint density at radius 3 is 2.35 bits per heavy atom. The van der Waals surface area contributed by atoms with Crippen LogP contribution in [0.4, 0.5) is 5.69 Å². The van der Waals surface area contributed by atoms with E-state index in [1.54, 1.807) is 14.1 Å². The van der Waals surface area contributed by atoms with Gasteiger partial charge in [-0.15, -0.1) is 0 Å². The number of piperazine rings is 1. The van der Waals surface area contributed by atoms with Crippen molar-refractivity contribution in [3.8, 4) is 22.6 Å². The number of carbonyl (C=O) groups is 1. The second kappa shape index (κ2) is 19.6. The molecule has 0 bridgehead atoms. The average Bonchev–Trinajstić information content (AvgIpc) is 3.47. The Morgan fingerprint density at radius 1 is 0.889 bits per heavy atom. The number of aliphatic carboxylic acids is 1. The molecule has 4 aromatic carbocycles. The van der Waals surface area contributed by atoms with E-state index in [1.165, 1.54) is 14.2 Å². The highest BCUT2D eigenvalue weighted by Gasteiger charge is 2.32. The van der Waals surface area contributed by atoms with Crippen molar-refractivity contribution >= 4 is 38.2 Å². The van der Waals surface area contributed by atoms with Gasteiger partial charge in [0, 0.05) is 82.6 Å². The molecule has 0 radical (unpaired) electrons. The van der Waals surface area contributed by atoms with E-state index in [1.807, 2.05) is 67.2 Å². The molecule has 334 valence electrons. The van der Waals surface area contributed by atoms with Crippen molar-refractivity contribution in [3.63, 3.8) is 0 Å². The number of benzene rings is 4. The van der Waals surface area contributed by atoms with Crippen molar-refractivity contribution in [1.82, 2.24) is 23.3 Å². The number of carboxylic acids is 1. The van der Waals surface area contributed by atoms with Gasteiger partial charge >= 0.3 is 5.97 Å². The average molecular weight is 877 g/mol. The lowest BCUT2D eigenvalue weighted by Gasteiger charge is -2.36. The smallest absolute Gasteiger partial charge is 0.331 e. The van der Waals surface area contributed by atoms with Crippen molar-refractivity contribution in [2.45, 2.75) is 51.6 Å². The van der Waals surface area contributed by atoms with Crippen LogP contribution >= 0.6 is 0 Å². The van der Waals surface area contributed by atoms with E-state index in [0.29, 0.717) is 57.6 Å². The minimum atomic E-state index is -3.44. The fourth-order valence-corrected chi connectivity index (χ4v) is 10.6. The standard InChI is InChI=1S/C49H60N6O7S/c1-35-47(45(52(4)50-35)34-62-39-20-18-38(19-21-39)54-25-27-55(28-26-54)63(58,59)51(2)3)44-14-8-13-42-41(15-9-31-61-46-16-7-11-36-10-5-6-12-40(36)46)43(49(56)57)22-17-37(48(42)44)23-24-53-29-32-60-33-30-53/h5-8,10-14,16,18-21,37H,9,15,17,22-34H2,1-4H3,(H,56,57). The predicted molar refractivity (Wildman–Crippen MR) is 248 cm³/mol. The van der Waals surface area contributed by atoms with Crippen LogP contribution in [0.2, 0.25) is 0 Å². The Morgan fingerprint density at radius 2 is 1.60 bits per heavy atom. The summed E-state index contributed by atoms with van der Waals surface area (Å²) in [7, 11) is 1.64. The lowest BCUT2D eigenvalue weighted by atomic mass is 9.81. The normalized spacial score (nSPS) is 17.9. The van der Waals surface area contributed by atoms with Crippen molar-refractivity contribution in [3.05, 3.63) is 113 Å². The summed E-state index contributed by atoms with van der Waals surface area (Å²) in [6, 6.07) is 28.6. The quantitative estimate of drug-likeness (QED) is 0.101. The number of hydrogen-bond acceptors (Lipinski definition) is 9. The van der Waals surface area contributed by atoms with Crippen LogP contribution in [0.1, 0.15) is 60.5 Å². The molecule has 13 nitrogen and oxygen atoms in total. The number of nitrogens with zero attached hydrogens (tertiary/aromatic N) is 6. The third-order valence-electron chi connectivity index (χ3n) is 12.9. The van der Waals surface area contributed by atoms with E-state index in [4.69, 9.17) is 19.3 Å². The van der Waals surface area contributed by atoms with E-state index in [9.17, 15) is 18.3 Å². The van der Waals surface area contributed by atoms with Crippen molar-refractivity contribution in [2.24, 2.45) is 7.05 Å². The molecule has 3 heterocycles. The summed E-state index contributed by atoms with van der Waals surface area (Å²) in [6.45, 7) is 8.97. The maximum absolute atomic E-state index is 13.1. The topological polar surface area (TPSA) is 130 Å². The molecule has 1 unspecified atom stereocenters. The summed E-state index contributed by atoms with van der Waals surface area (Å²) in [5.74, 6) is 0.805. The van der Waals surface area contributed by atoms with E-state index >= 15 is 0 Å². The number of anilines is 1. The first kappa shape index (κ1) is 44.4. The molecule has 63 heavy (non-hydrogen) atoms. The molecular weight excluding hydrogens is 817 g/mol. The fraction of sp³-hybridized carbons (Fsp3) is 0.429. The largest absolute Gasteiger partial charge is 0.493 e. The Balaban J connectivity index is 1.06. The summed E-state index contributed by atoms with van der Waals surface area (Å²) in [6.07, 6.45) is 3.34. The number of rotatable bonds is 16. The van der Waals surface area contributed by atoms with Crippen LogP contribution in [0.15, 0.2) is 90.5 Å². The molecule has 14 heteroatoms. The van der Waals surface area contributed by atoms with Crippen molar-refractivity contribution in [1.29, 1.82) is 0 Å². The predicted octanol–water partition coefficient (Wildman–Crippen LogP) is 7.35. The molecule has 2 aliphatic heterocycles. The maximum Gasteiger partial charge on any atom is 0.331 e. The molecule has 2 saturated heterocycles. The summed E-state index contributed by atoms with van der Waals surface area (Å²) in [5.41, 5.74) is 8.50. The zero-order valence-corrected chi connectivity index (χ0v) is 37.8. The van der Waals surface area contributed by atoms with Gasteiger partial charge in [-0.25, -0.2) is 4.79 Å². The zero-order valence-electron chi connectivity index (χ0n) is 37.0. The van der Waals surface area contributed by atoms with Crippen LogP contribution in [0.25, 0.3) is 27.5 Å². The van der Waals surface area contributed by atoms with Crippen molar-refractivity contribution in [2.75, 3.05) is 84.6 Å². The molecule has 1 aliphatic carbocycles. The highest BCUT2D eigenvalue weighted by molar-refractivity contribution is 7.86. The summed E-state index contributed by atoms with van der Waals surface area (Å²) in [4.78, 5) is 17.8. The minimum Gasteiger partial charge on any atom is -0.493 e. The highest BCUT2D eigenvalue weighted by atomic mass is 32.2. The number of allylic oxidation sites excluding steroid dienone is 1. The third-order valence-corrected chi connectivity index (χ3v) is 14.8. The second-order valence-corrected chi connectivity index (χ2v) is 19.1. The van der Waals surface area contributed by atoms with E-state index in [2.05, 4.69) is 46.2 Å². The number of morpholine rings is 1. The van der Waals surface area contributed by atoms with E-state index < -0.39 is 16.2 Å². The molecule has 1 N–H and O–H groups in total. The molecule has 0 spiro atoms. The SMILES string of the molecule is Cc1nn(C)c(COc2ccc(N3CCN(S(=O)(=O)N(C)C)CC3)cc2)c1-c1cccc2c1C(CCN1CCOCC1)CCC(C(=O)O)=C2CCCOc1cccc2ccccc12. The van der Waals surface area contributed by atoms with Crippen LogP contribution in [0.3, 0.4) is 0 Å². The monoisotopic (exact) mass is 876 g/mol. The van der Waals surface area contributed by atoms with Crippen LogP contribution in [0, 0.1) is 6.92 Å². The van der Waals surface area contributed by atoms with Crippen LogP contribution in [0.5, 0.6) is 11.5 Å². The van der Waals surface area contributed by atoms with Crippen LogP contribution < -0.4 is 14.4 Å². The van der Waals surface area contributed by atoms with Gasteiger partial charge in [-0.2, -0.15) is 22.1 Å². The number of hydrogen-bond donors (Lipinski definition) is 1. The van der Waals surface area contributed by atoms with Gasteiger partial charge in [-0.3, -0.25) is 9.58 Å². The minimum absolute atomic E-state index is 0.114. The number of aryl methyl sites for hydroxylation is 2. The van der Waals surface area contributed by atoms with E-state index in [0.717, 1.165) is 107 Å². The molecule has 5 aromatic rings. The summed E-state index contributed by atoms with van der Waals surface area (Å²) >= 11 is 0. The third kappa shape index (κ3) is 9.80. The molecule has 1 atom stereocenters. The zero-order chi connectivity index (χ0) is 44.1. The van der Waals surface area contributed by atoms with Gasteiger partial charge in [0.2, 0.25) is 0 Å². The fourth-order valence-electron chi connectivity index (χ4n) is 9.52. The number of carboxylic acid groups (broad SMARTS) is 1. The Bertz CT molecular complexity index is 2540. The van der Waals surface area contributed by atoms with E-state index in [-0.39, 0.29) is 12.5 Å². The first-order valence-electron chi connectivity index (χ1n) is 22.2. The van der Waals surface area contributed by atoms with Gasteiger partial charge in [0.05, 0.1) is 31.2 Å². The first-order chi connectivity index (χ1) is 30.5. The van der Waals surface area contributed by atoms with Crippen LogP contribution in [-0.4, -0.2) is 123 Å². The lowest BCUT2D eigenvalue weighted by molar-refractivity contribution is -0.132. The second-order valence-electron chi connectivity index (χ2n) is 16.9. The summed E-state index contributed by atoms with van der Waals surface area (Å²) < 4.78 is 48.5. The Kier molecular flexibility index (Phi) is 13.8. The molecular formula is C49H60N6O7S. The Labute approximate surface area is 371 Å². The number of fused-ring (bicyclic) bond motifs is 2. The molecule has 3 aliphatic rings. The molecule has 1 aromatic heterocycles. The lowest BCUT2D eigenvalue weighted by Crippen LogP contribution is -2.51. The van der Waals surface area contributed by atoms with Gasteiger partial charge in [-0.1, -0.05) is 54.6 Å². The van der Waals surface area contributed by atoms with Gasteiger partial charge in [0.15, 0.2) is 0 Å². The van der Waals surface area contributed by atoms with Gasteiger partial charge in [-0.05, 0) is 109 Å². The highest BCUT2D eigenvalue weighted by Crippen LogP contribution is 2.46. The van der Waals surface area contributed by atoms with Gasteiger partial charge in [0.25, 0.3) is 10.2 Å². The van der Waals surface area contributed by atoms with Crippen LogP contribution in [-0.2, 0) is 33.4 Å². The molecule has 2 fully saturated rings. The molecule has 0 amide bonds. The molecule has 8 rings (SSSR count). The van der Waals surface area contributed by atoms with Gasteiger partial charge < -0.3 is 24.2 Å². The van der Waals surface area contributed by atoms with Gasteiger partial charge in [0.1, 0.15) is 18.1 Å². The Hall–Kier alpha value is -5.25. The first-order valence-corrected chi connectivity index (χ1v) is 23.6. The van der Waals surface area contributed by atoms with Crippen molar-refractivity contribution < 1.29 is 32.5 Å². The number of aromatic nitrogens is 2. The number of ether oxygens (including phenoxy) is 3. The summed E-state index contributed by atoms with van der Waals surface area (Å²) in [5, 5.41) is 17.9. The maximum atomic E-state index is 13.1. The molecule has 0 saturated carbocycles.